The summed E-state index contributed by atoms with van der Waals surface area (Å²) in [7, 11) is 3.85. The van der Waals surface area contributed by atoms with Crippen molar-refractivity contribution in [3.05, 3.63) is 97.3 Å². The third-order valence-electron chi connectivity index (χ3n) is 6.47. The SMILES string of the molecule is CC1(C=O)CC1.CNc1ccc(Oc2ccnc3cc(-c4cn(C)cn4)ccc23)cc1.O=CNc1ccc(F)cc1. The molecule has 0 radical (unpaired) electrons. The molecule has 0 bridgehead atoms. The largest absolute Gasteiger partial charge is 0.457 e. The molecule has 8 nitrogen and oxygen atoms in total. The van der Waals surface area contributed by atoms with Gasteiger partial charge in [-0.2, -0.15) is 0 Å². The summed E-state index contributed by atoms with van der Waals surface area (Å²) in [6, 6.07) is 21.4. The molecule has 1 fully saturated rings. The lowest BCUT2D eigenvalue weighted by atomic mass is 10.1. The number of imidazole rings is 1. The van der Waals surface area contributed by atoms with E-state index in [1.165, 1.54) is 24.3 Å². The van der Waals surface area contributed by atoms with Gasteiger partial charge in [0.15, 0.2) is 0 Å². The first kappa shape index (κ1) is 28.9. The lowest BCUT2D eigenvalue weighted by Crippen LogP contribution is -1.92. The minimum Gasteiger partial charge on any atom is -0.457 e. The van der Waals surface area contributed by atoms with Gasteiger partial charge in [-0.25, -0.2) is 9.37 Å². The van der Waals surface area contributed by atoms with Crippen LogP contribution in [-0.4, -0.2) is 34.3 Å². The summed E-state index contributed by atoms with van der Waals surface area (Å²) in [4.78, 5) is 28.6. The Bertz CT molecular complexity index is 1600. The summed E-state index contributed by atoms with van der Waals surface area (Å²) in [6.07, 6.45) is 9.36. The first-order chi connectivity index (χ1) is 19.8. The maximum atomic E-state index is 12.2. The summed E-state index contributed by atoms with van der Waals surface area (Å²) < 4.78 is 20.2. The number of carbonyl (C=O) groups is 2. The number of rotatable bonds is 7. The maximum Gasteiger partial charge on any atom is 0.211 e. The molecule has 1 aliphatic carbocycles. The van der Waals surface area contributed by atoms with Crippen LogP contribution in [-0.2, 0) is 16.6 Å². The molecule has 0 saturated heterocycles. The quantitative estimate of drug-likeness (QED) is 0.214. The van der Waals surface area contributed by atoms with Gasteiger partial charge in [0.2, 0.25) is 6.41 Å². The highest BCUT2D eigenvalue weighted by molar-refractivity contribution is 5.88. The Morgan fingerprint density at radius 3 is 2.22 bits per heavy atom. The molecule has 0 spiro atoms. The summed E-state index contributed by atoms with van der Waals surface area (Å²) >= 11 is 0. The van der Waals surface area contributed by atoms with Crippen LogP contribution in [0.4, 0.5) is 15.8 Å². The third-order valence-corrected chi connectivity index (χ3v) is 6.47. The van der Waals surface area contributed by atoms with Gasteiger partial charge < -0.3 is 24.7 Å². The van der Waals surface area contributed by atoms with Crippen molar-refractivity contribution in [3.63, 3.8) is 0 Å². The predicted molar refractivity (Wildman–Crippen MR) is 159 cm³/mol. The van der Waals surface area contributed by atoms with E-state index >= 15 is 0 Å². The molecule has 41 heavy (non-hydrogen) atoms. The molecule has 2 N–H and O–H groups in total. The van der Waals surface area contributed by atoms with Gasteiger partial charge in [-0.3, -0.25) is 9.78 Å². The van der Waals surface area contributed by atoms with Crippen LogP contribution in [0, 0.1) is 11.2 Å². The maximum absolute atomic E-state index is 12.2. The van der Waals surface area contributed by atoms with Gasteiger partial charge in [-0.1, -0.05) is 13.0 Å². The Balaban J connectivity index is 0.000000197. The number of ether oxygens (including phenoxy) is 1. The molecule has 1 saturated carbocycles. The molecule has 5 aromatic rings. The Morgan fingerprint density at radius 1 is 0.951 bits per heavy atom. The lowest BCUT2D eigenvalue weighted by Gasteiger charge is -2.10. The number of amides is 1. The number of anilines is 2. The van der Waals surface area contributed by atoms with Crippen LogP contribution in [0.15, 0.2) is 91.5 Å². The average molecular weight is 554 g/mol. The number of fused-ring (bicyclic) bond motifs is 1. The molecule has 3 aromatic carbocycles. The fraction of sp³-hybridized carbons (Fsp3) is 0.188. The minimum atomic E-state index is -0.309. The van der Waals surface area contributed by atoms with Crippen LogP contribution in [0.5, 0.6) is 11.5 Å². The summed E-state index contributed by atoms with van der Waals surface area (Å²) in [5.74, 6) is 1.27. The molecular weight excluding hydrogens is 521 g/mol. The van der Waals surface area contributed by atoms with Crippen molar-refractivity contribution in [3.8, 4) is 22.8 Å². The van der Waals surface area contributed by atoms with Crippen molar-refractivity contribution in [2.45, 2.75) is 19.8 Å². The van der Waals surface area contributed by atoms with Crippen LogP contribution in [0.1, 0.15) is 19.8 Å². The van der Waals surface area contributed by atoms with Gasteiger partial charge >= 0.3 is 0 Å². The van der Waals surface area contributed by atoms with Crippen LogP contribution in [0.3, 0.4) is 0 Å². The van der Waals surface area contributed by atoms with Crippen molar-refractivity contribution in [2.75, 3.05) is 17.7 Å². The number of aldehydes is 1. The van der Waals surface area contributed by atoms with E-state index in [1.54, 1.807) is 12.5 Å². The topological polar surface area (TPSA) is 98.1 Å². The second-order valence-corrected chi connectivity index (χ2v) is 9.88. The molecular formula is C32H32FN5O3. The molecule has 6 rings (SSSR count). The molecule has 210 valence electrons. The molecule has 2 heterocycles. The van der Waals surface area contributed by atoms with Gasteiger partial charge in [0.25, 0.3) is 0 Å². The average Bonchev–Trinajstić information content (AvgIpc) is 3.59. The first-order valence-electron chi connectivity index (χ1n) is 13.1. The first-order valence-corrected chi connectivity index (χ1v) is 13.1. The monoisotopic (exact) mass is 553 g/mol. The standard InChI is InChI=1S/C20H18N4O.C7H6FNO.C5H8O/c1-21-15-4-6-16(7-5-15)25-20-9-10-22-18-11-14(3-8-17(18)20)19-12-24(2)13-23-19;8-6-1-3-7(4-2-6)9-5-10;1-5(4-6)2-3-5/h3-13,21H,1-2H3;1-5H,(H,9,10);4H,2-3H2,1H3. The molecule has 0 atom stereocenters. The van der Waals surface area contributed by atoms with Crippen molar-refractivity contribution < 1.29 is 18.7 Å². The zero-order valence-corrected chi connectivity index (χ0v) is 23.2. The highest BCUT2D eigenvalue weighted by Gasteiger charge is 2.36. The summed E-state index contributed by atoms with van der Waals surface area (Å²) in [5.41, 5.74) is 4.60. The van der Waals surface area contributed by atoms with Gasteiger partial charge in [0.1, 0.15) is 23.6 Å². The Labute approximate surface area is 238 Å². The van der Waals surface area contributed by atoms with Crippen molar-refractivity contribution in [1.29, 1.82) is 0 Å². The third kappa shape index (κ3) is 8.22. The van der Waals surface area contributed by atoms with E-state index in [4.69, 9.17) is 4.74 Å². The Morgan fingerprint density at radius 2 is 1.66 bits per heavy atom. The lowest BCUT2D eigenvalue weighted by molar-refractivity contribution is -0.111. The van der Waals surface area contributed by atoms with Crippen LogP contribution in [0.25, 0.3) is 22.2 Å². The number of halogens is 1. The van der Waals surface area contributed by atoms with Gasteiger partial charge in [0, 0.05) is 54.2 Å². The highest BCUT2D eigenvalue weighted by atomic mass is 19.1. The zero-order chi connectivity index (χ0) is 29.2. The van der Waals surface area contributed by atoms with Gasteiger partial charge in [0.05, 0.1) is 17.5 Å². The number of pyridine rings is 1. The van der Waals surface area contributed by atoms with Crippen LogP contribution >= 0.6 is 0 Å². The van der Waals surface area contributed by atoms with Crippen molar-refractivity contribution in [2.24, 2.45) is 12.5 Å². The second-order valence-electron chi connectivity index (χ2n) is 9.88. The van der Waals surface area contributed by atoms with Crippen LogP contribution in [0.2, 0.25) is 0 Å². The summed E-state index contributed by atoms with van der Waals surface area (Å²) in [5, 5.41) is 6.46. The van der Waals surface area contributed by atoms with E-state index in [1.807, 2.05) is 80.3 Å². The summed E-state index contributed by atoms with van der Waals surface area (Å²) in [6.45, 7) is 1.99. The number of nitrogens with one attached hydrogen (secondary N) is 2. The molecule has 1 aliphatic rings. The number of benzene rings is 3. The van der Waals surface area contributed by atoms with E-state index in [-0.39, 0.29) is 11.2 Å². The fourth-order valence-electron chi connectivity index (χ4n) is 3.68. The Kier molecular flexibility index (Phi) is 9.42. The number of aromatic nitrogens is 3. The normalized spacial score (nSPS) is 12.6. The molecule has 0 aliphatic heterocycles. The van der Waals surface area contributed by atoms with Crippen LogP contribution < -0.4 is 15.4 Å². The van der Waals surface area contributed by atoms with Crippen molar-refractivity contribution in [1.82, 2.24) is 14.5 Å². The molecule has 0 unspecified atom stereocenters. The molecule has 1 amide bonds. The van der Waals surface area contributed by atoms with E-state index in [2.05, 4.69) is 20.6 Å². The van der Waals surface area contributed by atoms with E-state index in [0.717, 1.165) is 58.5 Å². The fourth-order valence-corrected chi connectivity index (χ4v) is 3.68. The van der Waals surface area contributed by atoms with Gasteiger partial charge in [-0.15, -0.1) is 0 Å². The Hall–Kier alpha value is -5.05. The van der Waals surface area contributed by atoms with Gasteiger partial charge in [-0.05, 0) is 79.6 Å². The molecule has 2 aromatic heterocycles. The van der Waals surface area contributed by atoms with Crippen molar-refractivity contribution >= 4 is 35.0 Å². The number of aryl methyl sites for hydroxylation is 1. The number of nitrogens with zero attached hydrogens (tertiary/aromatic N) is 3. The number of hydrogen-bond acceptors (Lipinski definition) is 6. The predicted octanol–water partition coefficient (Wildman–Crippen LogP) is 6.85. The smallest absolute Gasteiger partial charge is 0.211 e. The molecule has 9 heteroatoms. The number of hydrogen-bond donors (Lipinski definition) is 2. The minimum absolute atomic E-state index is 0.111. The second kappa shape index (κ2) is 13.3. The van der Waals surface area contributed by atoms with E-state index < -0.39 is 0 Å². The highest BCUT2D eigenvalue weighted by Crippen LogP contribution is 2.42. The number of carbonyl (C=O) groups excluding carboxylic acids is 2. The van der Waals surface area contributed by atoms with E-state index in [0.29, 0.717) is 12.1 Å². The van der Waals surface area contributed by atoms with E-state index in [9.17, 15) is 14.0 Å². The zero-order valence-electron chi connectivity index (χ0n) is 23.2.